The number of aromatic nitrogens is 2. The maximum atomic E-state index is 12.5. The molecular weight excluding hydrogens is 410 g/mol. The third-order valence-corrected chi connectivity index (χ3v) is 4.90. The molecule has 30 heavy (non-hydrogen) atoms. The minimum absolute atomic E-state index is 0.0176. The van der Waals surface area contributed by atoms with Crippen LogP contribution in [0.25, 0.3) is 10.8 Å². The highest BCUT2D eigenvalue weighted by molar-refractivity contribution is 6.30. The Bertz CT molecular complexity index is 1180. The van der Waals surface area contributed by atoms with Gasteiger partial charge in [0.1, 0.15) is 0 Å². The molecule has 0 bridgehead atoms. The number of aromatic amines is 1. The largest absolute Gasteiger partial charge is 0.469 e. The number of esters is 1. The van der Waals surface area contributed by atoms with Gasteiger partial charge >= 0.3 is 5.97 Å². The van der Waals surface area contributed by atoms with Gasteiger partial charge < -0.3 is 10.1 Å². The maximum Gasteiger partial charge on any atom is 0.307 e. The summed E-state index contributed by atoms with van der Waals surface area (Å²) in [6.07, 6.45) is -0.129. The molecule has 0 fully saturated rings. The van der Waals surface area contributed by atoms with Crippen molar-refractivity contribution in [2.45, 2.75) is 25.4 Å². The van der Waals surface area contributed by atoms with Gasteiger partial charge in [0.15, 0.2) is 0 Å². The van der Waals surface area contributed by atoms with E-state index in [1.807, 2.05) is 0 Å². The highest BCUT2D eigenvalue weighted by atomic mass is 35.5. The summed E-state index contributed by atoms with van der Waals surface area (Å²) in [6, 6.07) is 12.6. The molecule has 0 radical (unpaired) electrons. The monoisotopic (exact) mass is 429 g/mol. The van der Waals surface area contributed by atoms with Gasteiger partial charge in [-0.2, -0.15) is 0 Å². The number of ether oxygens (including phenoxy) is 1. The number of carbonyl (C=O) groups is 2. The van der Waals surface area contributed by atoms with E-state index in [0.29, 0.717) is 16.0 Å². The van der Waals surface area contributed by atoms with Gasteiger partial charge in [-0.3, -0.25) is 24.3 Å². The predicted molar refractivity (Wildman–Crippen MR) is 112 cm³/mol. The Morgan fingerprint density at radius 2 is 1.77 bits per heavy atom. The zero-order valence-corrected chi connectivity index (χ0v) is 16.9. The van der Waals surface area contributed by atoms with Crippen LogP contribution in [0.3, 0.4) is 0 Å². The molecule has 0 aliphatic heterocycles. The van der Waals surface area contributed by atoms with Crippen LogP contribution in [0.5, 0.6) is 0 Å². The number of carbonyl (C=O) groups excluding carboxylic acids is 2. The number of benzene rings is 2. The Kier molecular flexibility index (Phi) is 6.68. The van der Waals surface area contributed by atoms with Gasteiger partial charge in [-0.15, -0.1) is 0 Å². The van der Waals surface area contributed by atoms with Gasteiger partial charge in [0.2, 0.25) is 5.91 Å². The van der Waals surface area contributed by atoms with Crippen molar-refractivity contribution in [2.24, 2.45) is 0 Å². The lowest BCUT2D eigenvalue weighted by atomic mass is 10.0. The highest BCUT2D eigenvalue weighted by Crippen LogP contribution is 2.20. The Hall–Kier alpha value is -3.39. The lowest BCUT2D eigenvalue weighted by molar-refractivity contribution is -0.141. The van der Waals surface area contributed by atoms with Crippen molar-refractivity contribution in [1.82, 2.24) is 15.1 Å². The van der Waals surface area contributed by atoms with Crippen molar-refractivity contribution in [2.75, 3.05) is 7.11 Å². The van der Waals surface area contributed by atoms with E-state index in [9.17, 15) is 19.2 Å². The molecule has 1 amide bonds. The predicted octanol–water partition coefficient (Wildman–Crippen LogP) is 2.15. The summed E-state index contributed by atoms with van der Waals surface area (Å²) in [5, 5.41) is 6.36. The quantitative estimate of drug-likeness (QED) is 0.559. The number of halogens is 1. The van der Waals surface area contributed by atoms with Crippen LogP contribution < -0.4 is 16.4 Å². The number of nitrogens with one attached hydrogen (secondary N) is 2. The molecule has 8 nitrogen and oxygen atoms in total. The number of amides is 1. The average Bonchev–Trinajstić information content (AvgIpc) is 2.75. The molecular formula is C21H20ClN3O5. The van der Waals surface area contributed by atoms with Gasteiger partial charge in [-0.05, 0) is 29.8 Å². The van der Waals surface area contributed by atoms with Crippen molar-refractivity contribution < 1.29 is 14.3 Å². The van der Waals surface area contributed by atoms with Crippen LogP contribution in [0.4, 0.5) is 0 Å². The summed E-state index contributed by atoms with van der Waals surface area (Å²) in [5.74, 6) is -0.870. The van der Waals surface area contributed by atoms with Crippen molar-refractivity contribution in [3.05, 3.63) is 79.8 Å². The minimum Gasteiger partial charge on any atom is -0.469 e. The second-order valence-corrected chi connectivity index (χ2v) is 7.08. The molecule has 0 aliphatic carbocycles. The molecule has 0 spiro atoms. The molecule has 1 aromatic heterocycles. The molecule has 0 aliphatic rings. The van der Waals surface area contributed by atoms with Crippen LogP contribution in [0.2, 0.25) is 5.02 Å². The number of methoxy groups -OCH3 is 1. The van der Waals surface area contributed by atoms with Crippen LogP contribution in [0.15, 0.2) is 58.1 Å². The smallest absolute Gasteiger partial charge is 0.307 e. The molecule has 9 heteroatoms. The summed E-state index contributed by atoms with van der Waals surface area (Å²) in [7, 11) is 1.27. The topological polar surface area (TPSA) is 110 Å². The molecule has 0 saturated heterocycles. The molecule has 1 heterocycles. The molecule has 3 rings (SSSR count). The van der Waals surface area contributed by atoms with E-state index in [0.717, 1.165) is 4.68 Å². The van der Waals surface area contributed by atoms with Crippen LogP contribution in [-0.4, -0.2) is 28.8 Å². The Labute approximate surface area is 176 Å². The van der Waals surface area contributed by atoms with Gasteiger partial charge in [-0.1, -0.05) is 35.9 Å². The fourth-order valence-corrected chi connectivity index (χ4v) is 3.21. The number of rotatable bonds is 7. The van der Waals surface area contributed by atoms with E-state index in [4.69, 9.17) is 16.3 Å². The Morgan fingerprint density at radius 1 is 1.10 bits per heavy atom. The van der Waals surface area contributed by atoms with Gasteiger partial charge in [0, 0.05) is 11.4 Å². The number of fused-ring (bicyclic) bond motifs is 1. The van der Waals surface area contributed by atoms with Crippen molar-refractivity contribution in [3.63, 3.8) is 0 Å². The van der Waals surface area contributed by atoms with E-state index < -0.39 is 17.6 Å². The van der Waals surface area contributed by atoms with Crippen molar-refractivity contribution >= 4 is 34.2 Å². The number of nitrogens with zero attached hydrogens (tertiary/aromatic N) is 1. The first kappa shape index (κ1) is 21.3. The Balaban J connectivity index is 1.74. The van der Waals surface area contributed by atoms with E-state index in [-0.39, 0.29) is 36.2 Å². The summed E-state index contributed by atoms with van der Waals surface area (Å²) >= 11 is 5.90. The molecule has 2 N–H and O–H groups in total. The Morgan fingerprint density at radius 3 is 2.43 bits per heavy atom. The first-order valence-electron chi connectivity index (χ1n) is 9.22. The van der Waals surface area contributed by atoms with Gasteiger partial charge in [-0.25, -0.2) is 4.68 Å². The summed E-state index contributed by atoms with van der Waals surface area (Å²) in [5.41, 5.74) is -0.105. The fraction of sp³-hybridized carbons (Fsp3) is 0.238. The summed E-state index contributed by atoms with van der Waals surface area (Å²) < 4.78 is 5.82. The highest BCUT2D eigenvalue weighted by Gasteiger charge is 2.19. The first-order chi connectivity index (χ1) is 14.4. The standard InChI is InChI=1S/C21H20ClN3O5/c1-30-19(27)12-17(13-6-8-14(22)9-7-13)23-18(26)10-11-25-21(29)16-5-3-2-4-15(16)20(28)24-25/h2-9,17H,10-12H2,1H3,(H,23,26)(H,24,28). The molecule has 1 unspecified atom stereocenters. The average molecular weight is 430 g/mol. The third-order valence-electron chi connectivity index (χ3n) is 4.65. The van der Waals surface area contributed by atoms with Crippen LogP contribution in [0, 0.1) is 0 Å². The summed E-state index contributed by atoms with van der Waals surface area (Å²) in [4.78, 5) is 48.9. The zero-order valence-electron chi connectivity index (χ0n) is 16.2. The van der Waals surface area contributed by atoms with Gasteiger partial charge in [0.25, 0.3) is 11.1 Å². The van der Waals surface area contributed by atoms with E-state index in [2.05, 4.69) is 10.4 Å². The molecule has 1 atom stereocenters. The first-order valence-corrected chi connectivity index (χ1v) is 9.60. The van der Waals surface area contributed by atoms with Crippen LogP contribution in [-0.2, 0) is 20.9 Å². The third kappa shape index (κ3) is 4.96. The van der Waals surface area contributed by atoms with E-state index >= 15 is 0 Å². The SMILES string of the molecule is COC(=O)CC(NC(=O)CCn1[nH]c(=O)c2ccccc2c1=O)c1ccc(Cl)cc1. The molecule has 3 aromatic rings. The lowest BCUT2D eigenvalue weighted by Gasteiger charge is -2.18. The van der Waals surface area contributed by atoms with E-state index in [1.54, 1.807) is 48.5 Å². The number of aryl methyl sites for hydroxylation is 1. The van der Waals surface area contributed by atoms with Crippen LogP contribution >= 0.6 is 11.6 Å². The van der Waals surface area contributed by atoms with Crippen molar-refractivity contribution in [3.8, 4) is 0 Å². The summed E-state index contributed by atoms with van der Waals surface area (Å²) in [6.45, 7) is -0.0176. The molecule has 156 valence electrons. The normalized spacial score (nSPS) is 11.8. The fourth-order valence-electron chi connectivity index (χ4n) is 3.08. The number of H-pyrrole nitrogens is 1. The molecule has 0 saturated carbocycles. The van der Waals surface area contributed by atoms with E-state index in [1.165, 1.54) is 7.11 Å². The zero-order chi connectivity index (χ0) is 21.7. The second kappa shape index (κ2) is 9.41. The maximum absolute atomic E-state index is 12.5. The number of hydrogen-bond acceptors (Lipinski definition) is 5. The lowest BCUT2D eigenvalue weighted by Crippen LogP contribution is -2.34. The molecule has 2 aromatic carbocycles. The van der Waals surface area contributed by atoms with Gasteiger partial charge in [0.05, 0.1) is 36.9 Å². The van der Waals surface area contributed by atoms with Crippen molar-refractivity contribution in [1.29, 1.82) is 0 Å². The van der Waals surface area contributed by atoms with Crippen LogP contribution in [0.1, 0.15) is 24.4 Å². The number of hydrogen-bond donors (Lipinski definition) is 2. The second-order valence-electron chi connectivity index (χ2n) is 6.65. The minimum atomic E-state index is -0.616.